The summed E-state index contributed by atoms with van der Waals surface area (Å²) >= 11 is 26.8. The van der Waals surface area contributed by atoms with Crippen LogP contribution >= 0.6 is 103 Å². The smallest absolute Gasteiger partial charge is 0.870 e. The van der Waals surface area contributed by atoms with Crippen LogP contribution in [0, 0.1) is 0 Å². The number of fused-ring (bicyclic) bond motifs is 3. The Balaban J connectivity index is 0. The molecule has 0 radical (unpaired) electrons. The zero-order valence-corrected chi connectivity index (χ0v) is 89.6. The molecule has 15 aromatic rings. The summed E-state index contributed by atoms with van der Waals surface area (Å²) in [6.45, 7) is 17.3. The molecular formula is C110H121BBr5Cl2Li2NO23. The van der Waals surface area contributed by atoms with E-state index in [0.29, 0.717) is 73.7 Å². The van der Waals surface area contributed by atoms with Crippen LogP contribution in [0.3, 0.4) is 0 Å². The molecule has 24 nitrogen and oxygen atoms in total. The number of aromatic carboxylic acids is 1. The number of anilines is 1. The summed E-state index contributed by atoms with van der Waals surface area (Å²) in [6.07, 6.45) is 0.270. The van der Waals surface area contributed by atoms with Gasteiger partial charge in [0.15, 0.2) is 17.3 Å². The van der Waals surface area contributed by atoms with E-state index in [9.17, 15) is 38.7 Å². The number of esters is 3. The second kappa shape index (κ2) is 67.3. The van der Waals surface area contributed by atoms with Gasteiger partial charge in [-0.2, -0.15) is 0 Å². The number of alkyl halides is 2. The molecule has 2 atom stereocenters. The van der Waals surface area contributed by atoms with Crippen molar-refractivity contribution in [2.75, 3.05) is 38.4 Å². The first kappa shape index (κ1) is 136. The summed E-state index contributed by atoms with van der Waals surface area (Å²) in [4.78, 5) is 81.0. The zero-order chi connectivity index (χ0) is 98.5. The van der Waals surface area contributed by atoms with E-state index >= 15 is 0 Å². The van der Waals surface area contributed by atoms with Gasteiger partial charge in [-0.15, -0.1) is 23.2 Å². The molecule has 1 aliphatic carbocycles. The van der Waals surface area contributed by atoms with Gasteiger partial charge in [0.05, 0.1) is 49.7 Å². The molecule has 2 fully saturated rings. The molecule has 12 aromatic carbocycles. The molecule has 2 aliphatic rings. The number of nitrogens with one attached hydrogen (secondary N) is 1. The van der Waals surface area contributed by atoms with Crippen LogP contribution in [0.15, 0.2) is 345 Å². The van der Waals surface area contributed by atoms with Gasteiger partial charge in [-0.25, -0.2) is 14.4 Å². The zero-order valence-electron chi connectivity index (χ0n) is 80.1. The molecule has 758 valence electrons. The predicted molar refractivity (Wildman–Crippen MR) is 585 cm³/mol. The third kappa shape index (κ3) is 39.7. The largest absolute Gasteiger partial charge is 1.00 e. The average molecular weight is 2320 g/mol. The van der Waals surface area contributed by atoms with E-state index in [1.165, 1.54) is 21.3 Å². The number of aliphatic hydroxyl groups is 1. The van der Waals surface area contributed by atoms with Gasteiger partial charge in [0.25, 0.3) is 0 Å². The summed E-state index contributed by atoms with van der Waals surface area (Å²) in [5, 5.41) is 32.1. The van der Waals surface area contributed by atoms with Crippen LogP contribution in [0.2, 0.25) is 0 Å². The number of hydrogen-bond donors (Lipinski definition) is 4. The molecule has 1 aliphatic heterocycles. The first-order valence-electron chi connectivity index (χ1n) is 42.6. The van der Waals surface area contributed by atoms with E-state index in [2.05, 4.69) is 89.7 Å². The first-order valence-corrected chi connectivity index (χ1v) is 47.6. The van der Waals surface area contributed by atoms with Crippen molar-refractivity contribution in [1.82, 2.24) is 0 Å². The molecule has 1 amide bonds. The van der Waals surface area contributed by atoms with Crippen LogP contribution in [0.4, 0.5) is 10.5 Å². The molecule has 17 rings (SSSR count). The van der Waals surface area contributed by atoms with E-state index in [-0.39, 0.29) is 142 Å². The summed E-state index contributed by atoms with van der Waals surface area (Å²) in [5.74, 6) is 0.789. The number of carboxylic acid groups (broad SMARTS) is 1. The van der Waals surface area contributed by atoms with Gasteiger partial charge in [-0.1, -0.05) is 328 Å². The Morgan fingerprint density at radius 1 is 0.451 bits per heavy atom. The van der Waals surface area contributed by atoms with Gasteiger partial charge < -0.3 is 78.7 Å². The fraction of sp³-hybridized carbons (Fsp3) is 0.227. The number of halogens is 7. The van der Waals surface area contributed by atoms with Crippen molar-refractivity contribution in [1.29, 1.82) is 0 Å². The van der Waals surface area contributed by atoms with Crippen molar-refractivity contribution < 1.29 is 150 Å². The van der Waals surface area contributed by atoms with Crippen molar-refractivity contribution in [3.05, 3.63) is 371 Å². The molecule has 3 aromatic heterocycles. The number of carbonyl (C=O) groups excluding carboxylic acids is 6. The summed E-state index contributed by atoms with van der Waals surface area (Å²) in [7, 11) is 3.71. The number of amides is 1. The molecular weight excluding hydrogens is 2200 g/mol. The van der Waals surface area contributed by atoms with Crippen molar-refractivity contribution in [2.45, 2.75) is 133 Å². The first-order chi connectivity index (χ1) is 64.6. The molecule has 0 spiro atoms. The van der Waals surface area contributed by atoms with Crippen LogP contribution in [0.1, 0.15) is 174 Å². The number of benzene rings is 12. The number of aliphatic hydroxyl groups excluding tert-OH is 1. The number of ketones is 2. The maximum atomic E-state index is 12.6. The fourth-order valence-electron chi connectivity index (χ4n) is 12.9. The number of carbonyl (C=O) groups is 7. The number of hydrogen-bond acceptors (Lipinski definition) is 20. The minimum absolute atomic E-state index is 0. The van der Waals surface area contributed by atoms with Crippen molar-refractivity contribution in [3.63, 3.8) is 0 Å². The second-order valence-corrected chi connectivity index (χ2v) is 36.0. The Hall–Kier alpha value is -10.5. The SMILES string of the molecule is C.C.C.CC.CC(=O)c1ccc(Br)cc1.COC(=O)C1(c2ccc(B3OC(C)(C)C(C)(C)O3)cc2)CC1.COC(=O)CC(=O)c1ccc(Br)cc1.COC(=O)c1c(-c2ccc(Br)cc2)oc2ccccc12.C[C@@H](O)c1ccccc1.C[C@@H](OC(=O)Nc1c(-c2ccc(Br)cc2)oc2ccccc12)c1ccccc1.ClCCCl.O.O.O=C(O)c1c(-c2ccc(Br)cc2)oc2ccccc12.Oc1ccccc1.[Li+].[Li+].[OH-].[OH-]. The minimum atomic E-state index is -0.983. The van der Waals surface area contributed by atoms with Crippen LogP contribution in [-0.2, 0) is 43.3 Å². The number of furan rings is 3. The van der Waals surface area contributed by atoms with Gasteiger partial charge >= 0.3 is 74.8 Å². The van der Waals surface area contributed by atoms with Gasteiger partial charge in [0, 0.05) is 78.1 Å². The Labute approximate surface area is 918 Å². The molecule has 1 saturated heterocycles. The number of phenolic OH excluding ortho intramolecular Hbond substituents is 1. The van der Waals surface area contributed by atoms with E-state index in [1.54, 1.807) is 92.7 Å². The summed E-state index contributed by atoms with van der Waals surface area (Å²) in [6, 6.07) is 94.9. The Morgan fingerprint density at radius 3 is 1.15 bits per heavy atom. The third-order valence-electron chi connectivity index (χ3n) is 20.9. The third-order valence-corrected chi connectivity index (χ3v) is 24.1. The maximum absolute atomic E-state index is 12.6. The molecule has 4 heterocycles. The number of ether oxygens (including phenoxy) is 4. The van der Waals surface area contributed by atoms with Crippen molar-refractivity contribution >= 4 is 196 Å². The van der Waals surface area contributed by atoms with E-state index in [1.807, 2.05) is 279 Å². The number of phenols is 1. The van der Waals surface area contributed by atoms with Crippen LogP contribution in [0.25, 0.3) is 66.9 Å². The number of methoxy groups -OCH3 is 3. The predicted octanol–water partition coefficient (Wildman–Crippen LogP) is 23.0. The second-order valence-electron chi connectivity index (χ2n) is 30.6. The molecule has 10 N–H and O–H groups in total. The maximum Gasteiger partial charge on any atom is 1.00 e. The topological polar surface area (TPSA) is 410 Å². The van der Waals surface area contributed by atoms with Gasteiger partial charge in [-0.05, 0) is 181 Å². The van der Waals surface area contributed by atoms with Crippen LogP contribution < -0.4 is 48.5 Å². The minimum Gasteiger partial charge on any atom is -0.870 e. The Morgan fingerprint density at radius 2 is 0.799 bits per heavy atom. The van der Waals surface area contributed by atoms with Crippen molar-refractivity contribution in [3.8, 4) is 39.7 Å². The molecule has 34 heteroatoms. The van der Waals surface area contributed by atoms with Gasteiger partial charge in [0.2, 0.25) is 0 Å². The number of para-hydroxylation sites is 4. The van der Waals surface area contributed by atoms with Crippen LogP contribution in [0.5, 0.6) is 5.75 Å². The van der Waals surface area contributed by atoms with E-state index in [4.69, 9.17) is 70.2 Å². The van der Waals surface area contributed by atoms with E-state index < -0.39 is 29.4 Å². The number of Topliss-reactive ketones (excluding diaryl/α,β-unsaturated/α-hetero) is 2. The Bertz CT molecular complexity index is 6330. The molecule has 144 heavy (non-hydrogen) atoms. The van der Waals surface area contributed by atoms with Gasteiger partial charge in [0.1, 0.15) is 57.7 Å². The fourth-order valence-corrected chi connectivity index (χ4v) is 14.3. The van der Waals surface area contributed by atoms with Crippen LogP contribution in [-0.4, -0.2) is 130 Å². The summed E-state index contributed by atoms with van der Waals surface area (Å²) in [5.41, 5.74) is 9.71. The molecule has 0 unspecified atom stereocenters. The molecule has 1 saturated carbocycles. The van der Waals surface area contributed by atoms with E-state index in [0.717, 1.165) is 90.4 Å². The normalized spacial score (nSPS) is 12.0. The van der Waals surface area contributed by atoms with Gasteiger partial charge in [-0.3, -0.25) is 24.5 Å². The quantitative estimate of drug-likeness (QED) is 0.0164. The number of rotatable bonds is 17. The monoisotopic (exact) mass is 2310 g/mol. The standard InChI is InChI=1S/C23H18BrNO3.C17H23BO4.C16H11BrO3.C15H9BrO3.C10H9BrO3.C8H7BrO.C8H10O.C6H6O.C2H4Cl2.C2H6.3CH4.2Li.4H2O/c1-15(16-7-3-2-4-8-16)27-23(26)25-21-19-9-5-6-10-20(19)28-22(21)17-11-13-18(24)14-12-17;1-15(2)16(3,4)22-18(21-15)13-8-6-12(7-9-13)17(10-11-17)14(19)20-5;1-19-16(18)14-12-4-2-3-5-13(12)20-15(14)10-6-8-11(17)9-7-10;16-10-7-5-9(6-8-10)14-13(15(17)18)11-3-1-2-4-12(11)19-14;1-14-10(13)6-9(12)7-2-4-8(11)5-3-7;1-6(10)7-2-4-8(9)5-3-7;1-7(9)8-5-3-2-4-6-8;7-6-4-2-1-3-5-6;3-1-2-4;1-2;;;;;;;;;/h2-15H,1H3,(H,25,26);6-9H,10-11H2,1-5H3;2-9H,1H3;1-8H,(H,17,18);2-5H,6H2,1H3;2-5H,1H3;2-7,9H,1H3;1-5,7H;1-2H2;1-2H3;3*1H4;;;4*1H2/q;;;;;;;;;;;;;2*+1;;;;/p-2/t15-;;;;;;7-;;;;;;;;;;;;/m1.....1............/s1. The van der Waals surface area contributed by atoms with Crippen molar-refractivity contribution in [2.24, 2.45) is 0 Å². The average Bonchev–Trinajstić information content (AvgIpc) is 1.59. The molecule has 0 bridgehead atoms. The summed E-state index contributed by atoms with van der Waals surface area (Å²) < 4.78 is 54.2. The number of aromatic hydroxyl groups is 1. The Kier molecular flexibility index (Phi) is 63.4. The number of carboxylic acids is 1.